The number of hydrogen-bond acceptors (Lipinski definition) is 3. The van der Waals surface area contributed by atoms with Crippen LogP contribution in [0, 0.1) is 17.2 Å². The van der Waals surface area contributed by atoms with Crippen LogP contribution < -0.4 is 21.5 Å². The SMILES string of the molecule is CCCc1cc(C#N)ccc1Nc1c(N)ccc2c1=CCC(C)C=2. The molecule has 0 heterocycles. The Hall–Kier alpha value is -2.73. The van der Waals surface area contributed by atoms with Gasteiger partial charge in [0.05, 0.1) is 23.0 Å². The first-order valence-corrected chi connectivity index (χ1v) is 8.53. The van der Waals surface area contributed by atoms with Crippen LogP contribution in [0.2, 0.25) is 0 Å². The van der Waals surface area contributed by atoms with E-state index >= 15 is 0 Å². The van der Waals surface area contributed by atoms with Gasteiger partial charge in [0.2, 0.25) is 0 Å². The molecule has 0 saturated heterocycles. The molecule has 0 bridgehead atoms. The van der Waals surface area contributed by atoms with Gasteiger partial charge in [0.25, 0.3) is 0 Å². The lowest BCUT2D eigenvalue weighted by atomic mass is 9.97. The highest BCUT2D eigenvalue weighted by Gasteiger charge is 2.10. The van der Waals surface area contributed by atoms with Gasteiger partial charge in [0.1, 0.15) is 0 Å². The summed E-state index contributed by atoms with van der Waals surface area (Å²) in [5.74, 6) is 0.555. The normalized spacial score (nSPS) is 15.6. The largest absolute Gasteiger partial charge is 0.397 e. The van der Waals surface area contributed by atoms with Crippen molar-refractivity contribution in [1.82, 2.24) is 0 Å². The fraction of sp³-hybridized carbons (Fsp3) is 0.286. The van der Waals surface area contributed by atoms with Gasteiger partial charge in [-0.3, -0.25) is 0 Å². The second-order valence-electron chi connectivity index (χ2n) is 6.48. The summed E-state index contributed by atoms with van der Waals surface area (Å²) in [7, 11) is 0. The third kappa shape index (κ3) is 3.14. The summed E-state index contributed by atoms with van der Waals surface area (Å²) in [6.07, 6.45) is 7.55. The zero-order valence-corrected chi connectivity index (χ0v) is 14.3. The minimum Gasteiger partial charge on any atom is -0.397 e. The zero-order chi connectivity index (χ0) is 17.1. The van der Waals surface area contributed by atoms with Crippen molar-refractivity contribution in [2.24, 2.45) is 5.92 Å². The Morgan fingerprint density at radius 2 is 2.12 bits per heavy atom. The third-order valence-electron chi connectivity index (χ3n) is 4.48. The maximum Gasteiger partial charge on any atom is 0.0991 e. The highest BCUT2D eigenvalue weighted by Crippen LogP contribution is 2.25. The van der Waals surface area contributed by atoms with Gasteiger partial charge >= 0.3 is 0 Å². The predicted octanol–water partition coefficient (Wildman–Crippen LogP) is 3.44. The van der Waals surface area contributed by atoms with Gasteiger partial charge in [0, 0.05) is 10.9 Å². The summed E-state index contributed by atoms with van der Waals surface area (Å²) in [5, 5.41) is 15.1. The molecule has 0 amide bonds. The van der Waals surface area contributed by atoms with Crippen molar-refractivity contribution in [3.63, 3.8) is 0 Å². The lowest BCUT2D eigenvalue weighted by Crippen LogP contribution is -2.31. The second kappa shape index (κ2) is 6.80. The molecule has 1 aliphatic rings. The summed E-state index contributed by atoms with van der Waals surface area (Å²) in [5.41, 5.74) is 10.9. The first kappa shape index (κ1) is 16.1. The van der Waals surface area contributed by atoms with Crippen LogP contribution in [0.3, 0.4) is 0 Å². The van der Waals surface area contributed by atoms with E-state index in [1.54, 1.807) is 0 Å². The van der Waals surface area contributed by atoms with Crippen LogP contribution in [0.25, 0.3) is 12.2 Å². The Balaban J connectivity index is 2.09. The van der Waals surface area contributed by atoms with E-state index in [-0.39, 0.29) is 0 Å². The summed E-state index contributed by atoms with van der Waals surface area (Å²) < 4.78 is 0. The number of nitrogens with zero attached hydrogens (tertiary/aromatic N) is 1. The van der Waals surface area contributed by atoms with E-state index in [0.717, 1.165) is 41.9 Å². The van der Waals surface area contributed by atoms with E-state index in [1.165, 1.54) is 10.4 Å². The Labute approximate surface area is 143 Å². The first-order chi connectivity index (χ1) is 11.6. The number of nitrogen functional groups attached to an aromatic ring is 1. The summed E-state index contributed by atoms with van der Waals surface area (Å²) in [4.78, 5) is 0. The van der Waals surface area contributed by atoms with Crippen molar-refractivity contribution < 1.29 is 0 Å². The van der Waals surface area contributed by atoms with Crippen molar-refractivity contribution in [3.8, 4) is 6.07 Å². The van der Waals surface area contributed by atoms with E-state index in [9.17, 15) is 0 Å². The highest BCUT2D eigenvalue weighted by atomic mass is 14.9. The number of nitriles is 1. The van der Waals surface area contributed by atoms with Crippen LogP contribution >= 0.6 is 0 Å². The first-order valence-electron chi connectivity index (χ1n) is 8.53. The molecule has 3 rings (SSSR count). The summed E-state index contributed by atoms with van der Waals surface area (Å²) >= 11 is 0. The minimum atomic E-state index is 0.555. The maximum absolute atomic E-state index is 9.14. The van der Waals surface area contributed by atoms with Gasteiger partial charge in [-0.15, -0.1) is 0 Å². The number of aryl methyl sites for hydroxylation is 1. The number of rotatable bonds is 4. The van der Waals surface area contributed by atoms with Crippen molar-refractivity contribution >= 4 is 29.2 Å². The molecule has 0 saturated carbocycles. The van der Waals surface area contributed by atoms with Gasteiger partial charge in [0.15, 0.2) is 0 Å². The lowest BCUT2D eigenvalue weighted by Gasteiger charge is -2.17. The molecule has 3 heteroatoms. The molecule has 0 spiro atoms. The number of anilines is 3. The molecule has 3 N–H and O–H groups in total. The van der Waals surface area contributed by atoms with E-state index in [4.69, 9.17) is 11.0 Å². The van der Waals surface area contributed by atoms with Crippen molar-refractivity contribution in [2.75, 3.05) is 11.1 Å². The van der Waals surface area contributed by atoms with Crippen molar-refractivity contribution in [2.45, 2.75) is 33.1 Å². The van der Waals surface area contributed by atoms with Gasteiger partial charge in [-0.1, -0.05) is 38.5 Å². The summed E-state index contributed by atoms with van der Waals surface area (Å²) in [6, 6.07) is 12.1. The molecule has 2 aromatic carbocycles. The molecule has 1 aliphatic carbocycles. The fourth-order valence-electron chi connectivity index (χ4n) is 3.23. The fourth-order valence-corrected chi connectivity index (χ4v) is 3.23. The Morgan fingerprint density at radius 1 is 1.29 bits per heavy atom. The molecular formula is C21H23N3. The molecule has 1 atom stereocenters. The highest BCUT2D eigenvalue weighted by molar-refractivity contribution is 5.76. The van der Waals surface area contributed by atoms with Crippen LogP contribution in [-0.4, -0.2) is 0 Å². The number of fused-ring (bicyclic) bond motifs is 1. The average molecular weight is 317 g/mol. The molecule has 3 nitrogen and oxygen atoms in total. The number of hydrogen-bond donors (Lipinski definition) is 2. The van der Waals surface area contributed by atoms with Gasteiger partial charge in [-0.25, -0.2) is 0 Å². The second-order valence-corrected chi connectivity index (χ2v) is 6.48. The average Bonchev–Trinajstić information content (AvgIpc) is 2.59. The molecule has 1 unspecified atom stereocenters. The molecular weight excluding hydrogens is 294 g/mol. The zero-order valence-electron chi connectivity index (χ0n) is 14.3. The Morgan fingerprint density at radius 3 is 2.88 bits per heavy atom. The van der Waals surface area contributed by atoms with E-state index in [1.807, 2.05) is 24.3 Å². The Bertz CT molecular complexity index is 919. The maximum atomic E-state index is 9.14. The number of nitrogens with one attached hydrogen (secondary N) is 1. The summed E-state index contributed by atoms with van der Waals surface area (Å²) in [6.45, 7) is 4.37. The predicted molar refractivity (Wildman–Crippen MR) is 101 cm³/mol. The van der Waals surface area contributed by atoms with Gasteiger partial charge in [-0.2, -0.15) is 5.26 Å². The molecule has 122 valence electrons. The number of nitrogens with two attached hydrogens (primary N) is 1. The van der Waals surface area contributed by atoms with Crippen LogP contribution in [0.15, 0.2) is 30.3 Å². The topological polar surface area (TPSA) is 61.8 Å². The molecule has 0 aromatic heterocycles. The third-order valence-corrected chi connectivity index (χ3v) is 4.48. The monoisotopic (exact) mass is 317 g/mol. The van der Waals surface area contributed by atoms with Crippen LogP contribution in [0.4, 0.5) is 17.1 Å². The smallest absolute Gasteiger partial charge is 0.0991 e. The van der Waals surface area contributed by atoms with Crippen LogP contribution in [0.1, 0.15) is 37.8 Å². The van der Waals surface area contributed by atoms with E-state index in [0.29, 0.717) is 11.5 Å². The minimum absolute atomic E-state index is 0.555. The molecule has 0 fully saturated rings. The van der Waals surface area contributed by atoms with Crippen LogP contribution in [0.5, 0.6) is 0 Å². The van der Waals surface area contributed by atoms with E-state index < -0.39 is 0 Å². The quantitative estimate of drug-likeness (QED) is 0.849. The van der Waals surface area contributed by atoms with Crippen molar-refractivity contribution in [3.05, 3.63) is 51.9 Å². The van der Waals surface area contributed by atoms with Gasteiger partial charge in [-0.05, 0) is 53.8 Å². The number of benzene rings is 2. The van der Waals surface area contributed by atoms with Crippen molar-refractivity contribution in [1.29, 1.82) is 5.26 Å². The van der Waals surface area contributed by atoms with Gasteiger partial charge < -0.3 is 11.1 Å². The molecule has 0 aliphatic heterocycles. The van der Waals surface area contributed by atoms with Crippen LogP contribution in [-0.2, 0) is 6.42 Å². The molecule has 24 heavy (non-hydrogen) atoms. The Kier molecular flexibility index (Phi) is 4.57. The standard InChI is InChI=1S/C21H23N3/c1-3-4-17-12-15(13-22)6-10-20(17)24-21-18-8-5-14(2)11-16(18)7-9-19(21)23/h6-12,14,24H,3-5,23H2,1-2H3. The molecule has 2 aromatic rings. The van der Waals surface area contributed by atoms with E-state index in [2.05, 4.69) is 43.5 Å². The lowest BCUT2D eigenvalue weighted by molar-refractivity contribution is 0.800. The molecule has 0 radical (unpaired) electrons.